The average Bonchev–Trinajstić information content (AvgIpc) is 2.69. The summed E-state index contributed by atoms with van der Waals surface area (Å²) in [4.78, 5) is 15.3. The predicted octanol–water partition coefficient (Wildman–Crippen LogP) is 5.33. The van der Waals surface area contributed by atoms with Gasteiger partial charge >= 0.3 is 0 Å². The number of allylic oxidation sites excluding steroid dienone is 2. The van der Waals surface area contributed by atoms with Crippen LogP contribution >= 0.6 is 23.5 Å². The Morgan fingerprint density at radius 2 is 1.97 bits per heavy atom. The van der Waals surface area contributed by atoms with Crippen molar-refractivity contribution in [2.75, 3.05) is 13.6 Å². The largest absolute Gasteiger partial charge is 0.373 e. The molecule has 1 aliphatic heterocycles. The Kier molecular flexibility index (Phi) is 8.19. The normalized spacial score (nSPS) is 25.1. The Morgan fingerprint density at radius 3 is 2.66 bits per heavy atom. The van der Waals surface area contributed by atoms with Gasteiger partial charge in [-0.2, -0.15) is 0 Å². The van der Waals surface area contributed by atoms with Crippen molar-refractivity contribution in [3.8, 4) is 0 Å². The number of hydrogen-bond donors (Lipinski definition) is 1. The number of carbonyl (C=O) groups is 1. The summed E-state index contributed by atoms with van der Waals surface area (Å²) in [5, 5.41) is 4.66. The predicted molar refractivity (Wildman–Crippen MR) is 128 cm³/mol. The number of benzene rings is 1. The molecule has 2 unspecified atom stereocenters. The van der Waals surface area contributed by atoms with E-state index in [0.717, 1.165) is 0 Å². The van der Waals surface area contributed by atoms with E-state index < -0.39 is 0 Å². The van der Waals surface area contributed by atoms with Gasteiger partial charge in [-0.3, -0.25) is 4.79 Å². The van der Waals surface area contributed by atoms with Crippen LogP contribution in [0.2, 0.25) is 0 Å². The number of nitrogens with zero attached hydrogens (tertiary/aromatic N) is 1. The molecular weight excluding hydrogens is 396 g/mol. The van der Waals surface area contributed by atoms with Gasteiger partial charge in [0.15, 0.2) is 0 Å². The number of likely N-dealkylation sites (N-methyl/N-ethyl adjacent to an activating group) is 1. The van der Waals surface area contributed by atoms with Crippen molar-refractivity contribution >= 4 is 29.4 Å². The molecule has 1 N–H and O–H groups in total. The molecule has 0 saturated heterocycles. The maximum Gasteiger partial charge on any atom is 0.216 e. The van der Waals surface area contributed by atoms with Gasteiger partial charge in [-0.05, 0) is 50.6 Å². The van der Waals surface area contributed by atoms with Gasteiger partial charge in [0.25, 0.3) is 0 Å². The van der Waals surface area contributed by atoms with Gasteiger partial charge in [0.2, 0.25) is 5.91 Å². The molecule has 1 aromatic rings. The first-order valence-corrected chi connectivity index (χ1v) is 12.5. The summed E-state index contributed by atoms with van der Waals surface area (Å²) in [5.74, 6) is 0.0541. The highest BCUT2D eigenvalue weighted by atomic mass is 32.2. The molecule has 2 aliphatic rings. The zero-order valence-corrected chi connectivity index (χ0v) is 19.7. The molecule has 3 rings (SSSR count). The molecule has 0 radical (unpaired) electrons. The molecule has 0 spiro atoms. The van der Waals surface area contributed by atoms with Crippen molar-refractivity contribution in [1.29, 1.82) is 0 Å². The van der Waals surface area contributed by atoms with E-state index in [2.05, 4.69) is 97.3 Å². The monoisotopic (exact) mass is 430 g/mol. The summed E-state index contributed by atoms with van der Waals surface area (Å²) in [7, 11) is 2.13. The van der Waals surface area contributed by atoms with Gasteiger partial charge in [-0.15, -0.1) is 23.5 Å². The highest BCUT2D eigenvalue weighted by molar-refractivity contribution is 8.04. The third-order valence-corrected chi connectivity index (χ3v) is 9.20. The SMILES string of the molecule is CC(=O)NCC(S[C@@H]1CCCC[C@H]1Sc1ccc(C)cc1C)C1C=CC=CN1C. The highest BCUT2D eigenvalue weighted by Gasteiger charge is 2.33. The van der Waals surface area contributed by atoms with Crippen molar-refractivity contribution in [3.63, 3.8) is 0 Å². The molecule has 3 nitrogen and oxygen atoms in total. The minimum absolute atomic E-state index is 0.0541. The van der Waals surface area contributed by atoms with Gasteiger partial charge in [-0.25, -0.2) is 0 Å². The van der Waals surface area contributed by atoms with E-state index in [-0.39, 0.29) is 5.91 Å². The third kappa shape index (κ3) is 6.32. The number of rotatable bonds is 7. The van der Waals surface area contributed by atoms with E-state index >= 15 is 0 Å². The molecular formula is C24H34N2OS2. The Bertz CT molecular complexity index is 761. The first-order chi connectivity index (χ1) is 13.9. The standard InChI is InChI=1S/C24H34N2OS2/c1-17-12-13-21(18(2)15-17)28-22-10-5-6-11-23(22)29-24(16-25-19(3)27)20-9-7-8-14-26(20)4/h7-9,12-15,20,22-24H,5-6,10-11,16H2,1-4H3,(H,25,27)/t20?,22-,23-,24?/m1/s1. The van der Waals surface area contributed by atoms with Crippen LogP contribution in [0.3, 0.4) is 0 Å². The van der Waals surface area contributed by atoms with Gasteiger partial charge in [0.05, 0.1) is 6.04 Å². The molecule has 1 heterocycles. The number of carbonyl (C=O) groups excluding carboxylic acids is 1. The topological polar surface area (TPSA) is 32.3 Å². The lowest BCUT2D eigenvalue weighted by Gasteiger charge is -2.38. The fourth-order valence-corrected chi connectivity index (χ4v) is 7.49. The summed E-state index contributed by atoms with van der Waals surface area (Å²) >= 11 is 4.16. The van der Waals surface area contributed by atoms with Gasteiger partial charge < -0.3 is 10.2 Å². The summed E-state index contributed by atoms with van der Waals surface area (Å²) < 4.78 is 0. The molecule has 1 amide bonds. The number of aryl methyl sites for hydroxylation is 2. The van der Waals surface area contributed by atoms with Gasteiger partial charge in [0.1, 0.15) is 0 Å². The maximum atomic E-state index is 11.6. The third-order valence-electron chi connectivity index (χ3n) is 5.74. The van der Waals surface area contributed by atoms with E-state index in [1.54, 1.807) is 6.92 Å². The maximum absolute atomic E-state index is 11.6. The number of nitrogens with one attached hydrogen (secondary N) is 1. The van der Waals surface area contributed by atoms with Crippen LogP contribution < -0.4 is 5.32 Å². The van der Waals surface area contributed by atoms with E-state index in [9.17, 15) is 4.79 Å². The number of thioether (sulfide) groups is 2. The van der Waals surface area contributed by atoms with Gasteiger partial charge in [0, 0.05) is 41.2 Å². The van der Waals surface area contributed by atoms with Crippen LogP contribution in [-0.4, -0.2) is 46.2 Å². The quantitative estimate of drug-likeness (QED) is 0.634. The van der Waals surface area contributed by atoms with Crippen molar-refractivity contribution in [1.82, 2.24) is 10.2 Å². The lowest BCUT2D eigenvalue weighted by molar-refractivity contribution is -0.118. The zero-order valence-electron chi connectivity index (χ0n) is 18.1. The first-order valence-electron chi connectivity index (χ1n) is 10.6. The van der Waals surface area contributed by atoms with Crippen LogP contribution in [0.5, 0.6) is 0 Å². The summed E-state index contributed by atoms with van der Waals surface area (Å²) in [5.41, 5.74) is 2.72. The molecule has 1 aromatic carbocycles. The molecule has 1 fully saturated rings. The molecule has 158 valence electrons. The zero-order chi connectivity index (χ0) is 20.8. The molecule has 4 atom stereocenters. The van der Waals surface area contributed by atoms with Crippen LogP contribution in [0.25, 0.3) is 0 Å². The molecule has 1 saturated carbocycles. The second kappa shape index (κ2) is 10.6. The minimum Gasteiger partial charge on any atom is -0.373 e. The molecule has 29 heavy (non-hydrogen) atoms. The summed E-state index contributed by atoms with van der Waals surface area (Å²) in [6.07, 6.45) is 13.8. The van der Waals surface area contributed by atoms with Crippen LogP contribution in [0.15, 0.2) is 47.5 Å². The Labute approximate surface area is 184 Å². The second-order valence-electron chi connectivity index (χ2n) is 8.24. The Morgan fingerprint density at radius 1 is 1.21 bits per heavy atom. The summed E-state index contributed by atoms with van der Waals surface area (Å²) in [6, 6.07) is 7.13. The summed E-state index contributed by atoms with van der Waals surface area (Å²) in [6.45, 7) is 6.72. The number of hydrogen-bond acceptors (Lipinski definition) is 4. The average molecular weight is 431 g/mol. The van der Waals surface area contributed by atoms with Crippen molar-refractivity contribution in [2.24, 2.45) is 0 Å². The van der Waals surface area contributed by atoms with Crippen LogP contribution in [0.1, 0.15) is 43.7 Å². The van der Waals surface area contributed by atoms with Crippen molar-refractivity contribution in [2.45, 2.75) is 73.1 Å². The van der Waals surface area contributed by atoms with Crippen molar-refractivity contribution < 1.29 is 4.79 Å². The fourth-order valence-electron chi connectivity index (χ4n) is 4.15. The Hall–Kier alpha value is -1.33. The highest BCUT2D eigenvalue weighted by Crippen LogP contribution is 2.42. The lowest BCUT2D eigenvalue weighted by Crippen LogP contribution is -2.44. The number of amides is 1. The van der Waals surface area contributed by atoms with Crippen LogP contribution in [-0.2, 0) is 4.79 Å². The van der Waals surface area contributed by atoms with Crippen molar-refractivity contribution in [3.05, 3.63) is 53.8 Å². The Balaban J connectivity index is 1.73. The molecule has 5 heteroatoms. The second-order valence-corrected chi connectivity index (χ2v) is 11.0. The van der Waals surface area contributed by atoms with Crippen LogP contribution in [0, 0.1) is 13.8 Å². The first kappa shape index (κ1) is 22.4. The van der Waals surface area contributed by atoms with E-state index in [1.807, 2.05) is 0 Å². The smallest absolute Gasteiger partial charge is 0.216 e. The van der Waals surface area contributed by atoms with Crippen LogP contribution in [0.4, 0.5) is 0 Å². The lowest BCUT2D eigenvalue weighted by atomic mass is 10.00. The van der Waals surface area contributed by atoms with E-state index in [0.29, 0.717) is 28.3 Å². The molecule has 0 aromatic heterocycles. The molecule has 1 aliphatic carbocycles. The van der Waals surface area contributed by atoms with Gasteiger partial charge in [-0.1, -0.05) is 42.7 Å². The molecule has 0 bridgehead atoms. The fraction of sp³-hybridized carbons (Fsp3) is 0.542. The van der Waals surface area contributed by atoms with E-state index in [4.69, 9.17) is 0 Å². The van der Waals surface area contributed by atoms with E-state index in [1.165, 1.54) is 41.7 Å². The minimum atomic E-state index is 0.0541.